The van der Waals surface area contributed by atoms with Crippen LogP contribution in [0.5, 0.6) is 0 Å². The molecule has 0 fully saturated rings. The summed E-state index contributed by atoms with van der Waals surface area (Å²) in [5.41, 5.74) is -1.88. The Kier molecular flexibility index (Phi) is 7.39. The van der Waals surface area contributed by atoms with Crippen molar-refractivity contribution in [3.8, 4) is 0 Å². The predicted octanol–water partition coefficient (Wildman–Crippen LogP) is 1.38. The van der Waals surface area contributed by atoms with E-state index in [2.05, 4.69) is 0 Å². The molecule has 0 spiro atoms. The summed E-state index contributed by atoms with van der Waals surface area (Å²) in [5.74, 6) is -1.77. The highest BCUT2D eigenvalue weighted by atomic mass is 16.4. The monoisotopic (exact) mass is 284 g/mol. The molecule has 0 heterocycles. The number of rotatable bonds is 9. The van der Waals surface area contributed by atoms with Crippen molar-refractivity contribution in [1.29, 1.82) is 0 Å². The number of likely N-dealkylation sites (N-methyl/N-ethyl adjacent to an activating group) is 1. The van der Waals surface area contributed by atoms with E-state index in [1.54, 1.807) is 33.3 Å². The Bertz CT molecular complexity index is 393. The number of carboxylic acids is 1. The lowest BCUT2D eigenvalue weighted by molar-refractivity contribution is -0.875. The molecular formula is C15H26NO4+. The molecule has 1 unspecified atom stereocenters. The van der Waals surface area contributed by atoms with Crippen molar-refractivity contribution in [2.75, 3.05) is 27.7 Å². The first-order chi connectivity index (χ1) is 9.10. The van der Waals surface area contributed by atoms with Crippen LogP contribution in [0.25, 0.3) is 0 Å². The molecule has 0 radical (unpaired) electrons. The average Bonchev–Trinajstić information content (AvgIpc) is 2.24. The number of aliphatic hydroxyl groups is 1. The normalized spacial score (nSPS) is 15.7. The fourth-order valence-corrected chi connectivity index (χ4v) is 1.90. The van der Waals surface area contributed by atoms with Crippen LogP contribution in [0.15, 0.2) is 24.3 Å². The molecule has 0 aromatic carbocycles. The van der Waals surface area contributed by atoms with Crippen molar-refractivity contribution < 1.29 is 24.3 Å². The molecule has 0 aliphatic heterocycles. The van der Waals surface area contributed by atoms with E-state index in [9.17, 15) is 14.7 Å². The summed E-state index contributed by atoms with van der Waals surface area (Å²) in [7, 11) is 5.39. The fourth-order valence-electron chi connectivity index (χ4n) is 1.90. The van der Waals surface area contributed by atoms with Crippen LogP contribution < -0.4 is 0 Å². The lowest BCUT2D eigenvalue weighted by Crippen LogP contribution is -2.54. The Hall–Kier alpha value is -1.46. The summed E-state index contributed by atoms with van der Waals surface area (Å²) in [6, 6.07) is 0. The molecule has 5 nitrogen and oxygen atoms in total. The van der Waals surface area contributed by atoms with Gasteiger partial charge in [0, 0.05) is 0 Å². The summed E-state index contributed by atoms with van der Waals surface area (Å²) in [6.07, 6.45) is 7.77. The van der Waals surface area contributed by atoms with Crippen LogP contribution in [0.3, 0.4) is 0 Å². The van der Waals surface area contributed by atoms with Crippen LogP contribution in [-0.2, 0) is 9.59 Å². The molecule has 5 heteroatoms. The number of unbranched alkanes of at least 4 members (excludes halogenated alkanes) is 1. The van der Waals surface area contributed by atoms with E-state index in [0.29, 0.717) is 4.48 Å². The Balaban J connectivity index is 4.94. The van der Waals surface area contributed by atoms with E-state index < -0.39 is 23.8 Å². The summed E-state index contributed by atoms with van der Waals surface area (Å²) >= 11 is 0. The van der Waals surface area contributed by atoms with Gasteiger partial charge in [-0.3, -0.25) is 9.59 Å². The second kappa shape index (κ2) is 7.97. The fraction of sp³-hybridized carbons (Fsp3) is 0.600. The second-order valence-electron chi connectivity index (χ2n) is 5.99. The third kappa shape index (κ3) is 7.86. The van der Waals surface area contributed by atoms with Gasteiger partial charge in [0.25, 0.3) is 0 Å². The van der Waals surface area contributed by atoms with Crippen LogP contribution in [0, 0.1) is 0 Å². The third-order valence-corrected chi connectivity index (χ3v) is 2.59. The SMILES string of the molecule is CCCC=CC=CC(=O)C(O)(CC(=O)O)C[N+](C)(C)C. The van der Waals surface area contributed by atoms with Crippen molar-refractivity contribution in [3.05, 3.63) is 24.3 Å². The second-order valence-corrected chi connectivity index (χ2v) is 5.99. The van der Waals surface area contributed by atoms with Gasteiger partial charge in [-0.2, -0.15) is 0 Å². The Labute approximate surface area is 120 Å². The third-order valence-electron chi connectivity index (χ3n) is 2.59. The van der Waals surface area contributed by atoms with Crippen LogP contribution in [0.4, 0.5) is 0 Å². The number of hydrogen-bond acceptors (Lipinski definition) is 3. The molecular weight excluding hydrogens is 258 g/mol. The van der Waals surface area contributed by atoms with Gasteiger partial charge < -0.3 is 14.7 Å². The lowest BCUT2D eigenvalue weighted by Gasteiger charge is -2.33. The highest BCUT2D eigenvalue weighted by Crippen LogP contribution is 2.17. The zero-order valence-electron chi connectivity index (χ0n) is 12.8. The van der Waals surface area contributed by atoms with Crippen LogP contribution in [-0.4, -0.2) is 59.7 Å². The summed E-state index contributed by atoms with van der Waals surface area (Å²) in [6.45, 7) is 2.09. The number of carbonyl (C=O) groups is 2. The standard InChI is InChI=1S/C15H25NO4/c1-5-6-7-8-9-10-13(17)15(20,11-14(18)19)12-16(2,3)4/h7-10,20H,5-6,11-12H2,1-4H3/p+1. The molecule has 0 amide bonds. The molecule has 0 aliphatic rings. The molecule has 114 valence electrons. The van der Waals surface area contributed by atoms with Gasteiger partial charge in [0.2, 0.25) is 0 Å². The van der Waals surface area contributed by atoms with E-state index in [4.69, 9.17) is 5.11 Å². The first kappa shape index (κ1) is 18.5. The number of quaternary nitrogens is 1. The average molecular weight is 284 g/mol. The number of carboxylic acid groups (broad SMARTS) is 1. The number of nitrogens with zero attached hydrogens (tertiary/aromatic N) is 1. The van der Waals surface area contributed by atoms with Crippen molar-refractivity contribution in [2.45, 2.75) is 31.8 Å². The van der Waals surface area contributed by atoms with Crippen molar-refractivity contribution >= 4 is 11.8 Å². The highest BCUT2D eigenvalue weighted by Gasteiger charge is 2.41. The smallest absolute Gasteiger partial charge is 0.307 e. The summed E-state index contributed by atoms with van der Waals surface area (Å²) in [4.78, 5) is 22.9. The zero-order chi connectivity index (χ0) is 15.8. The van der Waals surface area contributed by atoms with Gasteiger partial charge in [0.1, 0.15) is 6.54 Å². The molecule has 1 atom stereocenters. The number of aliphatic carboxylic acids is 1. The van der Waals surface area contributed by atoms with Gasteiger partial charge >= 0.3 is 5.97 Å². The van der Waals surface area contributed by atoms with Gasteiger partial charge in [-0.05, 0) is 12.5 Å². The van der Waals surface area contributed by atoms with E-state index in [1.165, 1.54) is 6.08 Å². The van der Waals surface area contributed by atoms with E-state index in [1.807, 2.05) is 13.0 Å². The van der Waals surface area contributed by atoms with E-state index >= 15 is 0 Å². The zero-order valence-corrected chi connectivity index (χ0v) is 12.8. The minimum atomic E-state index is -1.88. The largest absolute Gasteiger partial charge is 0.481 e. The Morgan fingerprint density at radius 1 is 1.20 bits per heavy atom. The van der Waals surface area contributed by atoms with Gasteiger partial charge in [-0.25, -0.2) is 0 Å². The topological polar surface area (TPSA) is 74.6 Å². The van der Waals surface area contributed by atoms with Gasteiger partial charge in [-0.15, -0.1) is 0 Å². The van der Waals surface area contributed by atoms with E-state index in [-0.39, 0.29) is 6.54 Å². The maximum Gasteiger partial charge on any atom is 0.307 e. The first-order valence-electron chi connectivity index (χ1n) is 6.73. The molecule has 0 aliphatic carbocycles. The molecule has 0 saturated heterocycles. The number of hydrogen-bond donors (Lipinski definition) is 2. The van der Waals surface area contributed by atoms with Crippen molar-refractivity contribution in [3.63, 3.8) is 0 Å². The molecule has 0 bridgehead atoms. The van der Waals surface area contributed by atoms with Crippen LogP contribution in [0.2, 0.25) is 0 Å². The maximum atomic E-state index is 12.1. The van der Waals surface area contributed by atoms with Gasteiger partial charge in [0.05, 0.1) is 27.6 Å². The van der Waals surface area contributed by atoms with Crippen LogP contribution >= 0.6 is 0 Å². The number of ketones is 1. The molecule has 0 saturated carbocycles. The van der Waals surface area contributed by atoms with Crippen molar-refractivity contribution in [2.24, 2.45) is 0 Å². The van der Waals surface area contributed by atoms with Crippen molar-refractivity contribution in [1.82, 2.24) is 0 Å². The van der Waals surface area contributed by atoms with Gasteiger partial charge in [0.15, 0.2) is 11.4 Å². The highest BCUT2D eigenvalue weighted by molar-refractivity contribution is 5.99. The molecule has 0 rings (SSSR count). The molecule has 0 aromatic heterocycles. The first-order valence-corrected chi connectivity index (χ1v) is 6.73. The minimum Gasteiger partial charge on any atom is -0.481 e. The predicted molar refractivity (Wildman–Crippen MR) is 78.3 cm³/mol. The number of carbonyl (C=O) groups excluding carboxylic acids is 1. The Morgan fingerprint density at radius 3 is 2.25 bits per heavy atom. The van der Waals surface area contributed by atoms with E-state index in [0.717, 1.165) is 12.8 Å². The summed E-state index contributed by atoms with van der Waals surface area (Å²) in [5, 5.41) is 19.2. The summed E-state index contributed by atoms with van der Waals surface area (Å²) < 4.78 is 0.301. The molecule has 20 heavy (non-hydrogen) atoms. The van der Waals surface area contributed by atoms with Gasteiger partial charge in [-0.1, -0.05) is 31.6 Å². The Morgan fingerprint density at radius 2 is 1.80 bits per heavy atom. The minimum absolute atomic E-state index is 0.0428. The molecule has 2 N–H and O–H groups in total. The van der Waals surface area contributed by atoms with Crippen LogP contribution in [0.1, 0.15) is 26.2 Å². The maximum absolute atomic E-state index is 12.1. The molecule has 0 aromatic rings. The number of allylic oxidation sites excluding steroid dienone is 3. The quantitative estimate of drug-likeness (QED) is 0.381. The lowest BCUT2D eigenvalue weighted by atomic mass is 9.92.